The van der Waals surface area contributed by atoms with E-state index in [4.69, 9.17) is 0 Å². The van der Waals surface area contributed by atoms with Crippen molar-refractivity contribution >= 4 is 18.1 Å². The fraction of sp³-hybridized carbons (Fsp3) is 0.280. The number of hydrogen-bond acceptors (Lipinski definition) is 3. The van der Waals surface area contributed by atoms with Gasteiger partial charge in [0.05, 0.1) is 17.7 Å². The molecule has 0 saturated heterocycles. The third kappa shape index (κ3) is 3.16. The highest BCUT2D eigenvalue weighted by Crippen LogP contribution is 2.48. The molecule has 170 valence electrons. The van der Waals surface area contributed by atoms with Crippen molar-refractivity contribution in [2.75, 3.05) is 0 Å². The van der Waals surface area contributed by atoms with Gasteiger partial charge in [-0.05, 0) is 42.2 Å². The van der Waals surface area contributed by atoms with Gasteiger partial charge in [-0.2, -0.15) is 0 Å². The molecule has 0 atom stereocenters. The number of fused-ring (bicyclic) bond motifs is 2. The van der Waals surface area contributed by atoms with Crippen LogP contribution >= 0.6 is 0 Å². The predicted molar refractivity (Wildman–Crippen MR) is 122 cm³/mol. The first kappa shape index (κ1) is 21.1. The number of aliphatic carboxylic acids is 1. The van der Waals surface area contributed by atoms with Crippen LogP contribution in [0.4, 0.5) is 4.39 Å². The Labute approximate surface area is 189 Å². The minimum atomic E-state index is -0.980. The van der Waals surface area contributed by atoms with Crippen molar-refractivity contribution in [3.05, 3.63) is 87.5 Å². The van der Waals surface area contributed by atoms with E-state index in [0.29, 0.717) is 31.5 Å². The van der Waals surface area contributed by atoms with Gasteiger partial charge in [-0.25, -0.2) is 9.18 Å². The Hall–Kier alpha value is -3.81. The average Bonchev–Trinajstić information content (AvgIpc) is 3.50. The largest absolute Gasteiger partial charge is 0.493 e. The van der Waals surface area contributed by atoms with Crippen molar-refractivity contribution in [1.82, 2.24) is 13.7 Å². The number of rotatable bonds is 7. The molecule has 1 fully saturated rings. The molecule has 7 nitrogen and oxygen atoms in total. The van der Waals surface area contributed by atoms with Crippen LogP contribution in [0.25, 0.3) is 12.2 Å². The van der Waals surface area contributed by atoms with Crippen LogP contribution in [0.2, 0.25) is 0 Å². The number of halogens is 1. The molecule has 0 amide bonds. The van der Waals surface area contributed by atoms with Gasteiger partial charge >= 0.3 is 11.7 Å². The Morgan fingerprint density at radius 3 is 2.39 bits per heavy atom. The second-order valence-corrected chi connectivity index (χ2v) is 8.83. The number of carboxylic acid groups (broad SMARTS) is 1. The first-order valence-corrected chi connectivity index (χ1v) is 10.8. The van der Waals surface area contributed by atoms with Gasteiger partial charge in [-0.3, -0.25) is 13.9 Å². The van der Waals surface area contributed by atoms with Crippen LogP contribution in [0.15, 0.2) is 42.2 Å². The third-order valence-electron chi connectivity index (χ3n) is 6.94. The SMILES string of the molecule is C=Cc1c2c(n(Cc3ccc(F)cc3)c1C=C)Cn1c(c(O)n(CC3(C(=O)O)CC3)c1=O)C2. The van der Waals surface area contributed by atoms with E-state index in [1.54, 1.807) is 24.3 Å². The molecule has 1 aliphatic carbocycles. The summed E-state index contributed by atoms with van der Waals surface area (Å²) in [6.07, 6.45) is 4.75. The maximum atomic E-state index is 13.4. The summed E-state index contributed by atoms with van der Waals surface area (Å²) >= 11 is 0. The molecule has 2 aliphatic rings. The van der Waals surface area contributed by atoms with Crippen LogP contribution in [0.3, 0.4) is 0 Å². The van der Waals surface area contributed by atoms with Crippen molar-refractivity contribution in [2.45, 2.75) is 38.9 Å². The lowest BCUT2D eigenvalue weighted by Crippen LogP contribution is -2.32. The van der Waals surface area contributed by atoms with Gasteiger partial charge in [0.2, 0.25) is 5.88 Å². The van der Waals surface area contributed by atoms with Crippen molar-refractivity contribution in [3.63, 3.8) is 0 Å². The smallest absolute Gasteiger partial charge is 0.331 e. The zero-order chi connectivity index (χ0) is 23.5. The molecule has 0 bridgehead atoms. The second-order valence-electron chi connectivity index (χ2n) is 8.83. The standard InChI is InChI=1S/C25H24FN3O4/c1-3-17-18-11-20-22(30)29(14-25(9-10-25)23(31)32)24(33)28(20)13-21(18)27(19(17)4-2)12-15-5-7-16(26)8-6-15/h3-8,30H,1-2,9-14H2,(H,31,32). The number of hydrogen-bond donors (Lipinski definition) is 2. The van der Waals surface area contributed by atoms with E-state index < -0.39 is 17.1 Å². The van der Waals surface area contributed by atoms with Crippen molar-refractivity contribution in [3.8, 4) is 5.88 Å². The summed E-state index contributed by atoms with van der Waals surface area (Å²) in [7, 11) is 0. The molecule has 8 heteroatoms. The summed E-state index contributed by atoms with van der Waals surface area (Å²) in [5.41, 5.74) is 3.49. The van der Waals surface area contributed by atoms with Crippen LogP contribution in [0, 0.1) is 11.2 Å². The summed E-state index contributed by atoms with van der Waals surface area (Å²) in [6.45, 7) is 8.52. The Bertz CT molecular complexity index is 1370. The molecule has 3 aromatic rings. The molecule has 1 saturated carbocycles. The number of nitrogens with zero attached hydrogens (tertiary/aromatic N) is 3. The molecule has 1 aromatic carbocycles. The number of carbonyl (C=O) groups is 1. The Balaban J connectivity index is 1.59. The number of carboxylic acids is 1. The first-order valence-electron chi connectivity index (χ1n) is 10.8. The topological polar surface area (TPSA) is 89.4 Å². The van der Waals surface area contributed by atoms with Gasteiger partial charge in [-0.15, -0.1) is 0 Å². The predicted octanol–water partition coefficient (Wildman–Crippen LogP) is 3.45. The van der Waals surface area contributed by atoms with E-state index in [-0.39, 0.29) is 24.8 Å². The summed E-state index contributed by atoms with van der Waals surface area (Å²) in [5.74, 6) is -1.44. The van der Waals surface area contributed by atoms with Crippen molar-refractivity contribution in [2.24, 2.45) is 5.41 Å². The molecular weight excluding hydrogens is 425 g/mol. The zero-order valence-electron chi connectivity index (χ0n) is 18.1. The molecule has 0 unspecified atom stereocenters. The number of benzene rings is 1. The van der Waals surface area contributed by atoms with Gasteiger partial charge in [0.1, 0.15) is 5.82 Å². The van der Waals surface area contributed by atoms with Crippen molar-refractivity contribution < 1.29 is 19.4 Å². The molecule has 5 rings (SSSR count). The lowest BCUT2D eigenvalue weighted by molar-refractivity contribution is -0.143. The highest BCUT2D eigenvalue weighted by Gasteiger charge is 2.51. The van der Waals surface area contributed by atoms with Crippen LogP contribution in [-0.4, -0.2) is 29.9 Å². The van der Waals surface area contributed by atoms with Gasteiger partial charge in [0, 0.05) is 36.5 Å². The minimum absolute atomic E-state index is 0.0426. The fourth-order valence-corrected chi connectivity index (χ4v) is 4.86. The fourth-order valence-electron chi connectivity index (χ4n) is 4.86. The molecule has 0 spiro atoms. The van der Waals surface area contributed by atoms with E-state index >= 15 is 0 Å². The summed E-state index contributed by atoms with van der Waals surface area (Å²) in [4.78, 5) is 24.8. The molecular formula is C25H24FN3O4. The van der Waals surface area contributed by atoms with Gasteiger partial charge in [0.15, 0.2) is 0 Å². The van der Waals surface area contributed by atoms with Crippen LogP contribution in [0.1, 0.15) is 46.6 Å². The maximum absolute atomic E-state index is 13.4. The Morgan fingerprint density at radius 1 is 1.12 bits per heavy atom. The van der Waals surface area contributed by atoms with Crippen molar-refractivity contribution in [1.29, 1.82) is 0 Å². The monoisotopic (exact) mass is 449 g/mol. The van der Waals surface area contributed by atoms with Crippen LogP contribution in [0.5, 0.6) is 5.88 Å². The first-order chi connectivity index (χ1) is 15.8. The highest BCUT2D eigenvalue weighted by atomic mass is 19.1. The lowest BCUT2D eigenvalue weighted by Gasteiger charge is -2.19. The van der Waals surface area contributed by atoms with Crippen LogP contribution in [-0.2, 0) is 30.8 Å². The van der Waals surface area contributed by atoms with E-state index in [1.165, 1.54) is 21.3 Å². The van der Waals surface area contributed by atoms with E-state index in [2.05, 4.69) is 13.2 Å². The van der Waals surface area contributed by atoms with E-state index in [9.17, 15) is 24.2 Å². The van der Waals surface area contributed by atoms with E-state index in [1.807, 2.05) is 4.57 Å². The van der Waals surface area contributed by atoms with Gasteiger partial charge in [-0.1, -0.05) is 31.4 Å². The number of aromatic hydroxyl groups is 1. The quantitative estimate of drug-likeness (QED) is 0.452. The molecule has 2 N–H and O–H groups in total. The summed E-state index contributed by atoms with van der Waals surface area (Å²) in [6, 6.07) is 6.24. The maximum Gasteiger partial charge on any atom is 0.331 e. The third-order valence-corrected chi connectivity index (χ3v) is 6.94. The lowest BCUT2D eigenvalue weighted by atomic mass is 10.0. The zero-order valence-corrected chi connectivity index (χ0v) is 18.1. The number of aromatic nitrogens is 3. The Morgan fingerprint density at radius 2 is 1.82 bits per heavy atom. The second kappa shape index (κ2) is 7.37. The van der Waals surface area contributed by atoms with Gasteiger partial charge in [0.25, 0.3) is 0 Å². The molecule has 3 heterocycles. The average molecular weight is 449 g/mol. The molecule has 0 radical (unpaired) electrons. The van der Waals surface area contributed by atoms with Gasteiger partial charge < -0.3 is 14.8 Å². The summed E-state index contributed by atoms with van der Waals surface area (Å²) in [5, 5.41) is 20.4. The number of imidazole rings is 1. The molecule has 33 heavy (non-hydrogen) atoms. The normalized spacial score (nSPS) is 15.5. The Kier molecular flexibility index (Phi) is 4.70. The van der Waals surface area contributed by atoms with Crippen LogP contribution < -0.4 is 5.69 Å². The highest BCUT2D eigenvalue weighted by molar-refractivity contribution is 5.77. The van der Waals surface area contributed by atoms with E-state index in [0.717, 1.165) is 28.1 Å². The minimum Gasteiger partial charge on any atom is -0.493 e. The molecule has 2 aromatic heterocycles. The summed E-state index contributed by atoms with van der Waals surface area (Å²) < 4.78 is 18.1. The molecule has 1 aliphatic heterocycles.